The van der Waals surface area contributed by atoms with Gasteiger partial charge in [-0.1, -0.05) is 30.3 Å². The van der Waals surface area contributed by atoms with Gasteiger partial charge in [0.15, 0.2) is 11.5 Å². The topological polar surface area (TPSA) is 47.6 Å². The molecule has 4 nitrogen and oxygen atoms in total. The molecule has 1 heterocycles. The predicted molar refractivity (Wildman–Crippen MR) is 95.9 cm³/mol. The Morgan fingerprint density at radius 3 is 2.67 bits per heavy atom. The molecule has 0 saturated carbocycles. The van der Waals surface area contributed by atoms with Crippen LogP contribution in [0.25, 0.3) is 0 Å². The molecule has 1 aliphatic heterocycles. The van der Waals surface area contributed by atoms with E-state index in [0.29, 0.717) is 19.8 Å². The predicted octanol–water partition coefficient (Wildman–Crippen LogP) is 3.30. The first-order valence-electron chi connectivity index (χ1n) is 8.10. The van der Waals surface area contributed by atoms with E-state index in [0.717, 1.165) is 22.8 Å². The summed E-state index contributed by atoms with van der Waals surface area (Å²) in [6.07, 6.45) is 0.841. The number of thioether (sulfide) groups is 1. The van der Waals surface area contributed by atoms with Crippen LogP contribution in [0.5, 0.6) is 11.5 Å². The second kappa shape index (κ2) is 8.11. The normalized spacial score (nSPS) is 14.0. The van der Waals surface area contributed by atoms with E-state index in [4.69, 9.17) is 9.47 Å². The molecular weight excluding hydrogens is 322 g/mol. The van der Waals surface area contributed by atoms with Crippen molar-refractivity contribution in [1.82, 2.24) is 5.32 Å². The minimum atomic E-state index is -0.164. The Labute approximate surface area is 146 Å². The Morgan fingerprint density at radius 2 is 1.88 bits per heavy atom. The molecule has 0 radical (unpaired) electrons. The molecule has 3 rings (SSSR count). The second-order valence-electron chi connectivity index (χ2n) is 5.59. The van der Waals surface area contributed by atoms with E-state index in [-0.39, 0.29) is 11.2 Å². The third kappa shape index (κ3) is 4.45. The van der Waals surface area contributed by atoms with Crippen molar-refractivity contribution in [3.05, 3.63) is 54.1 Å². The van der Waals surface area contributed by atoms with Gasteiger partial charge in [0.25, 0.3) is 0 Å². The van der Waals surface area contributed by atoms with Crippen molar-refractivity contribution in [2.45, 2.75) is 23.5 Å². The smallest absolute Gasteiger partial charge is 0.233 e. The number of hydrogen-bond donors (Lipinski definition) is 1. The zero-order valence-corrected chi connectivity index (χ0v) is 14.5. The highest BCUT2D eigenvalue weighted by Gasteiger charge is 2.17. The second-order valence-corrected chi connectivity index (χ2v) is 7.01. The Bertz CT molecular complexity index is 690. The SMILES string of the molecule is C[C@H](Sc1ccc2c(c1)OCCO2)C(=O)NCCc1ccccc1. The molecule has 1 atom stereocenters. The average Bonchev–Trinajstić information content (AvgIpc) is 2.62. The van der Waals surface area contributed by atoms with E-state index in [1.165, 1.54) is 17.3 Å². The fourth-order valence-corrected chi connectivity index (χ4v) is 3.39. The molecule has 5 heteroatoms. The first-order chi connectivity index (χ1) is 11.7. The van der Waals surface area contributed by atoms with Gasteiger partial charge in [-0.15, -0.1) is 11.8 Å². The van der Waals surface area contributed by atoms with Gasteiger partial charge in [0.1, 0.15) is 13.2 Å². The van der Waals surface area contributed by atoms with Crippen molar-refractivity contribution in [1.29, 1.82) is 0 Å². The summed E-state index contributed by atoms with van der Waals surface area (Å²) in [4.78, 5) is 13.2. The van der Waals surface area contributed by atoms with Crippen molar-refractivity contribution in [2.75, 3.05) is 19.8 Å². The van der Waals surface area contributed by atoms with Gasteiger partial charge in [-0.2, -0.15) is 0 Å². The summed E-state index contributed by atoms with van der Waals surface area (Å²) in [7, 11) is 0. The van der Waals surface area contributed by atoms with Crippen LogP contribution in [0.4, 0.5) is 0 Å². The largest absolute Gasteiger partial charge is 0.486 e. The highest BCUT2D eigenvalue weighted by Crippen LogP contribution is 2.35. The van der Waals surface area contributed by atoms with Crippen LogP contribution in [-0.4, -0.2) is 30.9 Å². The maximum absolute atomic E-state index is 12.2. The van der Waals surface area contributed by atoms with E-state index in [1.54, 1.807) is 0 Å². The third-order valence-corrected chi connectivity index (χ3v) is 4.85. The zero-order valence-electron chi connectivity index (χ0n) is 13.7. The number of rotatable bonds is 6. The van der Waals surface area contributed by atoms with E-state index >= 15 is 0 Å². The highest BCUT2D eigenvalue weighted by atomic mass is 32.2. The van der Waals surface area contributed by atoms with Crippen molar-refractivity contribution in [2.24, 2.45) is 0 Å². The Morgan fingerprint density at radius 1 is 1.12 bits per heavy atom. The summed E-state index contributed by atoms with van der Waals surface area (Å²) in [5.41, 5.74) is 1.23. The minimum Gasteiger partial charge on any atom is -0.486 e. The molecule has 0 spiro atoms. The van der Waals surface area contributed by atoms with E-state index < -0.39 is 0 Å². The maximum atomic E-state index is 12.2. The van der Waals surface area contributed by atoms with Crippen LogP contribution in [0, 0.1) is 0 Å². The van der Waals surface area contributed by atoms with E-state index in [9.17, 15) is 4.79 Å². The van der Waals surface area contributed by atoms with Gasteiger partial charge in [0.05, 0.1) is 5.25 Å². The average molecular weight is 343 g/mol. The van der Waals surface area contributed by atoms with Crippen LogP contribution in [0.15, 0.2) is 53.4 Å². The summed E-state index contributed by atoms with van der Waals surface area (Å²) in [5, 5.41) is 2.83. The van der Waals surface area contributed by atoms with Gasteiger partial charge in [0, 0.05) is 11.4 Å². The van der Waals surface area contributed by atoms with Gasteiger partial charge < -0.3 is 14.8 Å². The summed E-state index contributed by atoms with van der Waals surface area (Å²) in [5.74, 6) is 1.57. The number of benzene rings is 2. The minimum absolute atomic E-state index is 0.0471. The molecule has 126 valence electrons. The van der Waals surface area contributed by atoms with Gasteiger partial charge in [-0.25, -0.2) is 0 Å². The van der Waals surface area contributed by atoms with Crippen LogP contribution in [0.3, 0.4) is 0 Å². The maximum Gasteiger partial charge on any atom is 0.233 e. The first-order valence-corrected chi connectivity index (χ1v) is 8.98. The molecule has 2 aromatic carbocycles. The van der Waals surface area contributed by atoms with Crippen molar-refractivity contribution in [3.8, 4) is 11.5 Å². The van der Waals surface area contributed by atoms with Crippen molar-refractivity contribution in [3.63, 3.8) is 0 Å². The molecule has 0 aromatic heterocycles. The monoisotopic (exact) mass is 343 g/mol. The van der Waals surface area contributed by atoms with Crippen LogP contribution in [0.2, 0.25) is 0 Å². The molecule has 2 aromatic rings. The lowest BCUT2D eigenvalue weighted by Crippen LogP contribution is -2.32. The number of carbonyl (C=O) groups excluding carboxylic acids is 1. The van der Waals surface area contributed by atoms with Gasteiger partial charge >= 0.3 is 0 Å². The van der Waals surface area contributed by atoms with Gasteiger partial charge in [-0.3, -0.25) is 4.79 Å². The van der Waals surface area contributed by atoms with Gasteiger partial charge in [-0.05, 0) is 37.1 Å². The molecule has 0 saturated heterocycles. The van der Waals surface area contributed by atoms with Gasteiger partial charge in [0.2, 0.25) is 5.91 Å². The number of ether oxygens (including phenoxy) is 2. The number of carbonyl (C=O) groups is 1. The number of nitrogens with one attached hydrogen (secondary N) is 1. The molecule has 0 bridgehead atoms. The summed E-state index contributed by atoms with van der Waals surface area (Å²) < 4.78 is 11.1. The number of amides is 1. The van der Waals surface area contributed by atoms with Crippen LogP contribution in [0.1, 0.15) is 12.5 Å². The molecule has 0 fully saturated rings. The fraction of sp³-hybridized carbons (Fsp3) is 0.316. The number of hydrogen-bond acceptors (Lipinski definition) is 4. The van der Waals surface area contributed by atoms with Crippen LogP contribution < -0.4 is 14.8 Å². The molecule has 1 N–H and O–H groups in total. The molecule has 1 amide bonds. The fourth-order valence-electron chi connectivity index (χ4n) is 2.47. The molecule has 0 aliphatic carbocycles. The van der Waals surface area contributed by atoms with E-state index in [1.807, 2.05) is 43.3 Å². The Kier molecular flexibility index (Phi) is 5.64. The lowest BCUT2D eigenvalue weighted by molar-refractivity contribution is -0.120. The lowest BCUT2D eigenvalue weighted by Gasteiger charge is -2.19. The first kappa shape index (κ1) is 16.7. The Hall–Kier alpha value is -2.14. The zero-order chi connectivity index (χ0) is 16.8. The van der Waals surface area contributed by atoms with Crippen LogP contribution >= 0.6 is 11.8 Å². The lowest BCUT2D eigenvalue weighted by atomic mass is 10.1. The van der Waals surface area contributed by atoms with Crippen molar-refractivity contribution >= 4 is 17.7 Å². The summed E-state index contributed by atoms with van der Waals surface area (Å²) >= 11 is 1.52. The molecular formula is C19H21NO3S. The van der Waals surface area contributed by atoms with Crippen molar-refractivity contribution < 1.29 is 14.3 Å². The molecule has 24 heavy (non-hydrogen) atoms. The molecule has 0 unspecified atom stereocenters. The Balaban J connectivity index is 1.49. The highest BCUT2D eigenvalue weighted by molar-refractivity contribution is 8.00. The van der Waals surface area contributed by atoms with Crippen LogP contribution in [-0.2, 0) is 11.2 Å². The third-order valence-electron chi connectivity index (χ3n) is 3.75. The summed E-state index contributed by atoms with van der Waals surface area (Å²) in [6.45, 7) is 3.71. The summed E-state index contributed by atoms with van der Waals surface area (Å²) in [6, 6.07) is 16.0. The standard InChI is InChI=1S/C19H21NO3S/c1-14(19(21)20-10-9-15-5-3-2-4-6-15)24-16-7-8-17-18(13-16)23-12-11-22-17/h2-8,13-14H,9-12H2,1H3,(H,20,21)/t14-/m0/s1. The quantitative estimate of drug-likeness (QED) is 0.818. The number of fused-ring (bicyclic) bond motifs is 1. The van der Waals surface area contributed by atoms with E-state index in [2.05, 4.69) is 17.4 Å². The molecule has 1 aliphatic rings.